The fraction of sp³-hybridized carbons (Fsp3) is 0.105. The molecule has 0 radical (unpaired) electrons. The summed E-state index contributed by atoms with van der Waals surface area (Å²) in [5, 5.41) is 11.8. The molecule has 0 bridgehead atoms. The van der Waals surface area contributed by atoms with Gasteiger partial charge in [-0.15, -0.1) is 21.5 Å². The highest BCUT2D eigenvalue weighted by Crippen LogP contribution is 2.27. The Bertz CT molecular complexity index is 1050. The number of benzene rings is 2. The largest absolute Gasteiger partial charge is 0.486 e. The minimum absolute atomic E-state index is 0.143. The normalized spacial score (nSPS) is 10.9. The first-order valence-corrected chi connectivity index (χ1v) is 10.3. The maximum absolute atomic E-state index is 12.9. The molecule has 142 valence electrons. The molecule has 6 nitrogen and oxygen atoms in total. The number of nitrogen functional groups attached to an aromatic ring is 1. The lowest BCUT2D eigenvalue weighted by Crippen LogP contribution is -2.15. The first kappa shape index (κ1) is 18.5. The third-order valence-corrected chi connectivity index (χ3v) is 5.76. The summed E-state index contributed by atoms with van der Waals surface area (Å²) in [7, 11) is 0. The Morgan fingerprint density at radius 1 is 1.07 bits per heavy atom. The van der Waals surface area contributed by atoms with Crippen LogP contribution >= 0.6 is 23.1 Å². The Morgan fingerprint density at radius 3 is 2.64 bits per heavy atom. The van der Waals surface area contributed by atoms with E-state index in [0.29, 0.717) is 22.5 Å². The third-order valence-electron chi connectivity index (χ3n) is 3.84. The summed E-state index contributed by atoms with van der Waals surface area (Å²) in [6.07, 6.45) is 0. The molecule has 0 unspecified atom stereocenters. The van der Waals surface area contributed by atoms with Crippen LogP contribution in [-0.2, 0) is 12.4 Å². The summed E-state index contributed by atoms with van der Waals surface area (Å²) < 4.78 is 19.9. The van der Waals surface area contributed by atoms with Crippen molar-refractivity contribution < 1.29 is 9.13 Å². The summed E-state index contributed by atoms with van der Waals surface area (Å²) in [5.74, 6) is 7.41. The van der Waals surface area contributed by atoms with E-state index in [1.807, 2.05) is 35.7 Å². The van der Waals surface area contributed by atoms with E-state index in [4.69, 9.17) is 10.6 Å². The molecule has 0 aliphatic rings. The topological polar surface area (TPSA) is 78.9 Å². The smallest absolute Gasteiger partial charge is 0.210 e. The molecular weight excluding hydrogens is 397 g/mol. The van der Waals surface area contributed by atoms with Crippen LogP contribution in [0.15, 0.2) is 65.1 Å². The minimum atomic E-state index is -0.314. The molecule has 0 saturated carbocycles. The minimum Gasteiger partial charge on any atom is -0.486 e. The molecule has 0 amide bonds. The fourth-order valence-corrected chi connectivity index (χ4v) is 4.11. The van der Waals surface area contributed by atoms with Crippen LogP contribution < -0.4 is 10.6 Å². The number of ether oxygens (including phenoxy) is 1. The Kier molecular flexibility index (Phi) is 5.54. The van der Waals surface area contributed by atoms with Gasteiger partial charge in [0.15, 0.2) is 5.82 Å². The van der Waals surface area contributed by atoms with Crippen LogP contribution in [0.4, 0.5) is 4.39 Å². The Morgan fingerprint density at radius 2 is 1.86 bits per heavy atom. The average molecular weight is 414 g/mol. The van der Waals surface area contributed by atoms with Gasteiger partial charge in [-0.1, -0.05) is 42.1 Å². The molecule has 0 fully saturated rings. The van der Waals surface area contributed by atoms with Gasteiger partial charge in [0, 0.05) is 16.7 Å². The van der Waals surface area contributed by atoms with Gasteiger partial charge in [-0.2, -0.15) is 0 Å². The first-order valence-electron chi connectivity index (χ1n) is 8.39. The number of aromatic nitrogens is 4. The van der Waals surface area contributed by atoms with Crippen molar-refractivity contribution in [3.63, 3.8) is 0 Å². The first-order chi connectivity index (χ1) is 13.7. The van der Waals surface area contributed by atoms with Gasteiger partial charge < -0.3 is 10.6 Å². The van der Waals surface area contributed by atoms with E-state index in [9.17, 15) is 4.39 Å². The summed E-state index contributed by atoms with van der Waals surface area (Å²) >= 11 is 3.07. The summed E-state index contributed by atoms with van der Waals surface area (Å²) in [6, 6.07) is 15.8. The number of hydrogen-bond donors (Lipinski definition) is 1. The van der Waals surface area contributed by atoms with Crippen LogP contribution in [0.25, 0.3) is 10.6 Å². The standard InChI is InChI=1S/C19H16FN5OS2/c20-14-6-8-16(9-7-14)26-10-17-23-24-19(25(17)21)28-12-15-11-27-18(22-15)13-4-2-1-3-5-13/h1-9,11H,10,12,21H2. The second-order valence-corrected chi connectivity index (χ2v) is 7.61. The second kappa shape index (κ2) is 8.41. The van der Waals surface area contributed by atoms with Gasteiger partial charge in [0.25, 0.3) is 0 Å². The molecule has 28 heavy (non-hydrogen) atoms. The van der Waals surface area contributed by atoms with Crippen molar-refractivity contribution >= 4 is 23.1 Å². The van der Waals surface area contributed by atoms with Crippen molar-refractivity contribution in [2.75, 3.05) is 5.84 Å². The highest BCUT2D eigenvalue weighted by molar-refractivity contribution is 7.98. The van der Waals surface area contributed by atoms with Gasteiger partial charge in [0.05, 0.1) is 5.69 Å². The molecule has 0 spiro atoms. The van der Waals surface area contributed by atoms with Gasteiger partial charge in [-0.05, 0) is 24.3 Å². The quantitative estimate of drug-likeness (QED) is 0.363. The number of thioether (sulfide) groups is 1. The van der Waals surface area contributed by atoms with Crippen LogP contribution in [0.1, 0.15) is 11.5 Å². The SMILES string of the molecule is Nn1c(COc2ccc(F)cc2)nnc1SCc1csc(-c2ccccc2)n1. The zero-order chi connectivity index (χ0) is 19.3. The third kappa shape index (κ3) is 4.32. The van der Waals surface area contributed by atoms with E-state index >= 15 is 0 Å². The van der Waals surface area contributed by atoms with Crippen LogP contribution in [0.5, 0.6) is 5.75 Å². The van der Waals surface area contributed by atoms with Crippen molar-refractivity contribution in [3.8, 4) is 16.3 Å². The maximum atomic E-state index is 12.9. The number of hydrogen-bond acceptors (Lipinski definition) is 7. The molecule has 2 N–H and O–H groups in total. The van der Waals surface area contributed by atoms with Crippen molar-refractivity contribution in [1.82, 2.24) is 19.9 Å². The number of rotatable bonds is 7. The molecule has 4 rings (SSSR count). The molecule has 0 saturated heterocycles. The predicted molar refractivity (Wildman–Crippen MR) is 108 cm³/mol. The van der Waals surface area contributed by atoms with Crippen LogP contribution in [0.3, 0.4) is 0 Å². The predicted octanol–water partition coefficient (Wildman–Crippen LogP) is 4.13. The Hall–Kier alpha value is -2.91. The Labute approximate surface area is 169 Å². The maximum Gasteiger partial charge on any atom is 0.210 e. The van der Waals surface area contributed by atoms with E-state index in [2.05, 4.69) is 15.2 Å². The lowest BCUT2D eigenvalue weighted by Gasteiger charge is -2.06. The van der Waals surface area contributed by atoms with E-state index in [0.717, 1.165) is 16.3 Å². The summed E-state index contributed by atoms with van der Waals surface area (Å²) in [5.41, 5.74) is 2.06. The molecule has 0 aliphatic heterocycles. The van der Waals surface area contributed by atoms with E-state index < -0.39 is 0 Å². The van der Waals surface area contributed by atoms with Gasteiger partial charge in [0.2, 0.25) is 5.16 Å². The number of nitrogens with zero attached hydrogens (tertiary/aromatic N) is 4. The zero-order valence-corrected chi connectivity index (χ0v) is 16.3. The van der Waals surface area contributed by atoms with E-state index in [-0.39, 0.29) is 12.4 Å². The van der Waals surface area contributed by atoms with Crippen molar-refractivity contribution in [1.29, 1.82) is 0 Å². The summed E-state index contributed by atoms with van der Waals surface area (Å²) in [6.45, 7) is 0.143. The molecule has 9 heteroatoms. The molecule has 2 aromatic carbocycles. The van der Waals surface area contributed by atoms with Gasteiger partial charge in [-0.25, -0.2) is 14.1 Å². The number of thiazole rings is 1. The van der Waals surface area contributed by atoms with E-state index in [1.54, 1.807) is 23.5 Å². The molecule has 0 aliphatic carbocycles. The average Bonchev–Trinajstić information content (AvgIpc) is 3.34. The lowest BCUT2D eigenvalue weighted by atomic mass is 10.2. The molecule has 2 aromatic heterocycles. The zero-order valence-electron chi connectivity index (χ0n) is 14.7. The molecular formula is C19H16FN5OS2. The highest BCUT2D eigenvalue weighted by atomic mass is 32.2. The second-order valence-electron chi connectivity index (χ2n) is 5.81. The molecule has 2 heterocycles. The van der Waals surface area contributed by atoms with Gasteiger partial charge >= 0.3 is 0 Å². The Balaban J connectivity index is 1.36. The summed E-state index contributed by atoms with van der Waals surface area (Å²) in [4.78, 5) is 4.66. The van der Waals surface area contributed by atoms with Crippen molar-refractivity contribution in [2.24, 2.45) is 0 Å². The highest BCUT2D eigenvalue weighted by Gasteiger charge is 2.12. The van der Waals surface area contributed by atoms with Crippen LogP contribution in [0, 0.1) is 5.82 Å². The van der Waals surface area contributed by atoms with Crippen molar-refractivity contribution in [3.05, 3.63) is 77.3 Å². The fourth-order valence-electron chi connectivity index (χ4n) is 2.41. The molecule has 4 aromatic rings. The number of nitrogens with two attached hydrogens (primary N) is 1. The molecule has 0 atom stereocenters. The van der Waals surface area contributed by atoms with Crippen LogP contribution in [0.2, 0.25) is 0 Å². The van der Waals surface area contributed by atoms with Gasteiger partial charge in [-0.3, -0.25) is 0 Å². The van der Waals surface area contributed by atoms with Crippen molar-refractivity contribution in [2.45, 2.75) is 17.5 Å². The van der Waals surface area contributed by atoms with Crippen LogP contribution in [-0.4, -0.2) is 19.9 Å². The van der Waals surface area contributed by atoms with E-state index in [1.165, 1.54) is 28.6 Å². The van der Waals surface area contributed by atoms with Gasteiger partial charge in [0.1, 0.15) is 23.2 Å². The number of halogens is 1. The lowest BCUT2D eigenvalue weighted by molar-refractivity contribution is 0.291. The monoisotopic (exact) mass is 413 g/mol.